The van der Waals surface area contributed by atoms with Crippen LogP contribution in [0.15, 0.2) is 56.1 Å². The fourth-order valence-corrected chi connectivity index (χ4v) is 2.91. The van der Waals surface area contributed by atoms with Gasteiger partial charge in [-0.25, -0.2) is 0 Å². The number of para-hydroxylation sites is 1. The van der Waals surface area contributed by atoms with Gasteiger partial charge in [-0.3, -0.25) is 4.79 Å². The molecule has 0 bridgehead atoms. The minimum atomic E-state index is -0.126. The van der Waals surface area contributed by atoms with Crippen LogP contribution in [0.4, 0.5) is 0 Å². The quantitative estimate of drug-likeness (QED) is 0.490. The Labute approximate surface area is 122 Å². The SMILES string of the molecule is O=C(/C=C/c1csc(Br)c1)c1cc2ccccc2o1. The second-order valence-electron chi connectivity index (χ2n) is 4.03. The molecule has 0 aliphatic heterocycles. The Morgan fingerprint density at radius 2 is 2.11 bits per heavy atom. The van der Waals surface area contributed by atoms with E-state index in [1.165, 1.54) is 6.08 Å². The topological polar surface area (TPSA) is 30.2 Å². The maximum Gasteiger partial charge on any atom is 0.221 e. The van der Waals surface area contributed by atoms with Crippen LogP contribution in [0.2, 0.25) is 0 Å². The molecule has 2 nitrogen and oxygen atoms in total. The highest BCUT2D eigenvalue weighted by Crippen LogP contribution is 2.22. The molecule has 0 aliphatic rings. The summed E-state index contributed by atoms with van der Waals surface area (Å²) in [6.07, 6.45) is 3.32. The molecule has 2 aromatic heterocycles. The van der Waals surface area contributed by atoms with Gasteiger partial charge in [0.15, 0.2) is 5.76 Å². The molecule has 3 aromatic rings. The number of ketones is 1. The summed E-state index contributed by atoms with van der Waals surface area (Å²) in [6.45, 7) is 0. The van der Waals surface area contributed by atoms with Crippen molar-refractivity contribution in [3.8, 4) is 0 Å². The van der Waals surface area contributed by atoms with Crippen molar-refractivity contribution >= 4 is 50.1 Å². The van der Waals surface area contributed by atoms with Crippen molar-refractivity contribution in [1.29, 1.82) is 0 Å². The predicted octanol–water partition coefficient (Wildman–Crippen LogP) is 5.15. The number of fused-ring (bicyclic) bond motifs is 1. The number of hydrogen-bond donors (Lipinski definition) is 0. The fraction of sp³-hybridized carbons (Fsp3) is 0. The van der Waals surface area contributed by atoms with Crippen molar-refractivity contribution in [2.75, 3.05) is 0 Å². The number of carbonyl (C=O) groups excluding carboxylic acids is 1. The van der Waals surface area contributed by atoms with Gasteiger partial charge < -0.3 is 4.42 Å². The lowest BCUT2D eigenvalue weighted by Crippen LogP contribution is -1.89. The molecule has 0 saturated carbocycles. The minimum Gasteiger partial charge on any atom is -0.453 e. The molecular weight excluding hydrogens is 324 g/mol. The molecule has 2 heterocycles. The normalized spacial score (nSPS) is 11.4. The molecule has 0 fully saturated rings. The lowest BCUT2D eigenvalue weighted by molar-refractivity contribution is 0.102. The molecule has 94 valence electrons. The Morgan fingerprint density at radius 3 is 2.84 bits per heavy atom. The molecule has 0 aliphatic carbocycles. The van der Waals surface area contributed by atoms with Crippen LogP contribution in [-0.2, 0) is 0 Å². The molecule has 0 N–H and O–H groups in total. The molecule has 0 radical (unpaired) electrons. The van der Waals surface area contributed by atoms with Gasteiger partial charge >= 0.3 is 0 Å². The number of allylic oxidation sites excluding steroid dienone is 1. The van der Waals surface area contributed by atoms with E-state index in [0.717, 1.165) is 20.3 Å². The van der Waals surface area contributed by atoms with E-state index in [9.17, 15) is 4.79 Å². The van der Waals surface area contributed by atoms with Crippen molar-refractivity contribution in [2.24, 2.45) is 0 Å². The first kappa shape index (κ1) is 12.4. The standard InChI is InChI=1S/C15H9BrO2S/c16-15-7-10(9-19-15)5-6-12(17)14-8-11-3-1-2-4-13(11)18-14/h1-9H/b6-5+. The Balaban J connectivity index is 1.85. The van der Waals surface area contributed by atoms with Gasteiger partial charge in [0.05, 0.1) is 3.79 Å². The lowest BCUT2D eigenvalue weighted by atomic mass is 10.2. The molecule has 0 unspecified atom stereocenters. The van der Waals surface area contributed by atoms with Crippen LogP contribution >= 0.6 is 27.3 Å². The Morgan fingerprint density at radius 1 is 1.26 bits per heavy atom. The van der Waals surface area contributed by atoms with Crippen LogP contribution in [0.1, 0.15) is 16.1 Å². The third kappa shape index (κ3) is 2.69. The van der Waals surface area contributed by atoms with E-state index in [1.54, 1.807) is 23.5 Å². The second kappa shape index (κ2) is 5.15. The molecule has 0 spiro atoms. The lowest BCUT2D eigenvalue weighted by Gasteiger charge is -1.87. The molecule has 19 heavy (non-hydrogen) atoms. The number of hydrogen-bond acceptors (Lipinski definition) is 3. The Bertz CT molecular complexity index is 734. The van der Waals surface area contributed by atoms with Crippen molar-refractivity contribution in [2.45, 2.75) is 0 Å². The van der Waals surface area contributed by atoms with Crippen molar-refractivity contribution < 1.29 is 9.21 Å². The smallest absolute Gasteiger partial charge is 0.221 e. The summed E-state index contributed by atoms with van der Waals surface area (Å²) in [5.41, 5.74) is 1.74. The van der Waals surface area contributed by atoms with Gasteiger partial charge in [-0.15, -0.1) is 11.3 Å². The van der Waals surface area contributed by atoms with Gasteiger partial charge in [-0.05, 0) is 51.1 Å². The van der Waals surface area contributed by atoms with Crippen LogP contribution in [0.5, 0.6) is 0 Å². The van der Waals surface area contributed by atoms with Crippen molar-refractivity contribution in [1.82, 2.24) is 0 Å². The first-order valence-electron chi connectivity index (χ1n) is 5.67. The molecule has 4 heteroatoms. The van der Waals surface area contributed by atoms with E-state index >= 15 is 0 Å². The molecular formula is C15H9BrO2S. The third-order valence-corrected chi connectivity index (χ3v) is 4.21. The first-order chi connectivity index (χ1) is 9.22. The zero-order chi connectivity index (χ0) is 13.2. The van der Waals surface area contributed by atoms with Gasteiger partial charge in [0, 0.05) is 5.39 Å². The van der Waals surface area contributed by atoms with E-state index in [0.29, 0.717) is 5.76 Å². The summed E-state index contributed by atoms with van der Waals surface area (Å²) >= 11 is 4.97. The monoisotopic (exact) mass is 332 g/mol. The van der Waals surface area contributed by atoms with Crippen LogP contribution in [-0.4, -0.2) is 5.78 Å². The van der Waals surface area contributed by atoms with Crippen molar-refractivity contribution in [3.05, 3.63) is 63.0 Å². The summed E-state index contributed by atoms with van der Waals surface area (Å²) in [7, 11) is 0. The number of halogens is 1. The third-order valence-electron chi connectivity index (χ3n) is 2.68. The van der Waals surface area contributed by atoms with E-state index in [2.05, 4.69) is 15.9 Å². The molecule has 0 atom stereocenters. The van der Waals surface area contributed by atoms with Gasteiger partial charge in [0.1, 0.15) is 5.58 Å². The molecule has 1 aromatic carbocycles. The minimum absolute atomic E-state index is 0.126. The Hall–Kier alpha value is -1.65. The highest BCUT2D eigenvalue weighted by Gasteiger charge is 2.08. The zero-order valence-corrected chi connectivity index (χ0v) is 12.2. The van der Waals surface area contributed by atoms with E-state index in [-0.39, 0.29) is 5.78 Å². The summed E-state index contributed by atoms with van der Waals surface area (Å²) in [5.74, 6) is 0.241. The van der Waals surface area contributed by atoms with Gasteiger partial charge in [0.2, 0.25) is 5.78 Å². The molecule has 0 saturated heterocycles. The average Bonchev–Trinajstić information content (AvgIpc) is 3.01. The fourth-order valence-electron chi connectivity index (χ4n) is 1.77. The van der Waals surface area contributed by atoms with E-state index in [1.807, 2.05) is 35.7 Å². The first-order valence-corrected chi connectivity index (χ1v) is 7.35. The molecule has 0 amide bonds. The summed E-state index contributed by atoms with van der Waals surface area (Å²) in [6, 6.07) is 11.3. The maximum atomic E-state index is 12.0. The average molecular weight is 333 g/mol. The largest absolute Gasteiger partial charge is 0.453 e. The number of carbonyl (C=O) groups is 1. The summed E-state index contributed by atoms with van der Waals surface area (Å²) < 4.78 is 6.56. The van der Waals surface area contributed by atoms with Gasteiger partial charge in [0.25, 0.3) is 0 Å². The molecule has 3 rings (SSSR count). The number of rotatable bonds is 3. The van der Waals surface area contributed by atoms with E-state index in [4.69, 9.17) is 4.42 Å². The van der Waals surface area contributed by atoms with Crippen LogP contribution in [0.25, 0.3) is 17.0 Å². The number of furan rings is 1. The van der Waals surface area contributed by atoms with Crippen LogP contribution < -0.4 is 0 Å². The Kier molecular flexibility index (Phi) is 3.36. The highest BCUT2D eigenvalue weighted by atomic mass is 79.9. The highest BCUT2D eigenvalue weighted by molar-refractivity contribution is 9.11. The van der Waals surface area contributed by atoms with Crippen LogP contribution in [0.3, 0.4) is 0 Å². The maximum absolute atomic E-state index is 12.0. The zero-order valence-electron chi connectivity index (χ0n) is 9.80. The van der Waals surface area contributed by atoms with E-state index < -0.39 is 0 Å². The number of thiophene rings is 1. The summed E-state index contributed by atoms with van der Waals surface area (Å²) in [4.78, 5) is 12.0. The van der Waals surface area contributed by atoms with Gasteiger partial charge in [-0.1, -0.05) is 24.3 Å². The summed E-state index contributed by atoms with van der Waals surface area (Å²) in [5, 5.41) is 2.92. The van der Waals surface area contributed by atoms with Gasteiger partial charge in [-0.2, -0.15) is 0 Å². The van der Waals surface area contributed by atoms with Crippen molar-refractivity contribution in [3.63, 3.8) is 0 Å². The number of benzene rings is 1. The van der Waals surface area contributed by atoms with Crippen LogP contribution in [0, 0.1) is 0 Å². The second-order valence-corrected chi connectivity index (χ2v) is 6.32. The predicted molar refractivity (Wildman–Crippen MR) is 81.6 cm³/mol.